The molecule has 0 aliphatic rings. The second-order valence-corrected chi connectivity index (χ2v) is 4.95. The van der Waals surface area contributed by atoms with E-state index >= 15 is 0 Å². The second kappa shape index (κ2) is 6.23. The third-order valence-corrected chi connectivity index (χ3v) is 3.28. The number of nitrogens with one attached hydrogen (secondary N) is 1. The normalized spacial score (nSPS) is 11.7. The van der Waals surface area contributed by atoms with Gasteiger partial charge in [-0.15, -0.1) is 0 Å². The van der Waals surface area contributed by atoms with E-state index < -0.39 is 6.10 Å². The lowest BCUT2D eigenvalue weighted by atomic mass is 10.0. The average Bonchev–Trinajstić information content (AvgIpc) is 2.47. The number of nitriles is 1. The van der Waals surface area contributed by atoms with Crippen LogP contribution < -0.4 is 5.32 Å². The Morgan fingerprint density at radius 1 is 1.20 bits per heavy atom. The lowest BCUT2D eigenvalue weighted by molar-refractivity contribution is 0.191. The van der Waals surface area contributed by atoms with Gasteiger partial charge in [0.25, 0.3) is 0 Å². The van der Waals surface area contributed by atoms with Crippen LogP contribution in [0, 0.1) is 25.2 Å². The molecule has 2 N–H and O–H groups in total. The number of aliphatic hydroxyl groups is 1. The number of nitrogens with zero attached hydrogens (tertiary/aromatic N) is 1. The minimum absolute atomic E-state index is 0.416. The summed E-state index contributed by atoms with van der Waals surface area (Å²) in [7, 11) is 0. The summed E-state index contributed by atoms with van der Waals surface area (Å²) in [5, 5.41) is 22.3. The van der Waals surface area contributed by atoms with Crippen LogP contribution in [0.25, 0.3) is 0 Å². The summed E-state index contributed by atoms with van der Waals surface area (Å²) < 4.78 is 0. The van der Waals surface area contributed by atoms with Gasteiger partial charge in [0.2, 0.25) is 0 Å². The average molecular weight is 266 g/mol. The van der Waals surface area contributed by atoms with Crippen LogP contribution in [-0.2, 0) is 0 Å². The molecule has 2 rings (SSSR count). The molecule has 2 aromatic carbocycles. The molecule has 3 nitrogen and oxygen atoms in total. The van der Waals surface area contributed by atoms with Gasteiger partial charge in [-0.1, -0.05) is 29.8 Å². The Morgan fingerprint density at radius 3 is 2.75 bits per heavy atom. The summed E-state index contributed by atoms with van der Waals surface area (Å²) in [6.07, 6.45) is -0.569. The van der Waals surface area contributed by atoms with Crippen molar-refractivity contribution in [1.29, 1.82) is 5.26 Å². The Labute approximate surface area is 119 Å². The molecule has 0 saturated heterocycles. The van der Waals surface area contributed by atoms with Gasteiger partial charge in [-0.25, -0.2) is 0 Å². The van der Waals surface area contributed by atoms with E-state index in [4.69, 9.17) is 5.26 Å². The van der Waals surface area contributed by atoms with E-state index in [0.29, 0.717) is 12.1 Å². The van der Waals surface area contributed by atoms with Crippen LogP contribution in [0.15, 0.2) is 42.5 Å². The maximum Gasteiger partial charge on any atom is 0.0992 e. The van der Waals surface area contributed by atoms with Crippen LogP contribution in [-0.4, -0.2) is 11.7 Å². The first-order chi connectivity index (χ1) is 9.60. The Bertz CT molecular complexity index is 644. The smallest absolute Gasteiger partial charge is 0.0992 e. The Balaban J connectivity index is 2.06. The number of rotatable bonds is 4. The summed E-state index contributed by atoms with van der Waals surface area (Å²) in [4.78, 5) is 0. The van der Waals surface area contributed by atoms with E-state index in [1.54, 1.807) is 12.1 Å². The van der Waals surface area contributed by atoms with Crippen LogP contribution in [0.3, 0.4) is 0 Å². The summed E-state index contributed by atoms with van der Waals surface area (Å²) in [6.45, 7) is 4.42. The molecular weight excluding hydrogens is 248 g/mol. The van der Waals surface area contributed by atoms with Crippen molar-refractivity contribution in [3.05, 3.63) is 64.7 Å². The highest BCUT2D eigenvalue weighted by atomic mass is 16.3. The highest BCUT2D eigenvalue weighted by Gasteiger charge is 2.10. The van der Waals surface area contributed by atoms with Gasteiger partial charge in [0.15, 0.2) is 0 Å². The van der Waals surface area contributed by atoms with Crippen molar-refractivity contribution in [3.63, 3.8) is 0 Å². The van der Waals surface area contributed by atoms with Crippen LogP contribution >= 0.6 is 0 Å². The third-order valence-electron chi connectivity index (χ3n) is 3.28. The molecule has 1 unspecified atom stereocenters. The second-order valence-electron chi connectivity index (χ2n) is 4.95. The molecule has 0 aromatic heterocycles. The van der Waals surface area contributed by atoms with Gasteiger partial charge in [-0.05, 0) is 43.2 Å². The van der Waals surface area contributed by atoms with E-state index in [-0.39, 0.29) is 0 Å². The number of aliphatic hydroxyl groups excluding tert-OH is 1. The van der Waals surface area contributed by atoms with Crippen LogP contribution in [0.2, 0.25) is 0 Å². The topological polar surface area (TPSA) is 56.0 Å². The monoisotopic (exact) mass is 266 g/mol. The summed E-state index contributed by atoms with van der Waals surface area (Å²) in [5.41, 5.74) is 4.60. The molecule has 1 atom stereocenters. The molecule has 20 heavy (non-hydrogen) atoms. The van der Waals surface area contributed by atoms with Crippen LogP contribution in [0.5, 0.6) is 0 Å². The van der Waals surface area contributed by atoms with Crippen molar-refractivity contribution in [2.24, 2.45) is 0 Å². The Morgan fingerprint density at radius 2 is 2.00 bits per heavy atom. The first-order valence-corrected chi connectivity index (χ1v) is 6.59. The summed E-state index contributed by atoms with van der Waals surface area (Å²) >= 11 is 0. The number of hydrogen-bond donors (Lipinski definition) is 2. The molecule has 0 saturated carbocycles. The molecule has 0 aliphatic carbocycles. The highest BCUT2D eigenvalue weighted by Crippen LogP contribution is 2.20. The Kier molecular flexibility index (Phi) is 4.39. The van der Waals surface area contributed by atoms with E-state index in [2.05, 4.69) is 11.4 Å². The molecule has 0 heterocycles. The van der Waals surface area contributed by atoms with Gasteiger partial charge in [-0.3, -0.25) is 0 Å². The van der Waals surface area contributed by atoms with Crippen LogP contribution in [0.1, 0.15) is 28.4 Å². The zero-order valence-corrected chi connectivity index (χ0v) is 11.7. The molecular formula is C17H18N2O. The first-order valence-electron chi connectivity index (χ1n) is 6.59. The van der Waals surface area contributed by atoms with Gasteiger partial charge in [0, 0.05) is 12.2 Å². The third kappa shape index (κ3) is 3.37. The van der Waals surface area contributed by atoms with E-state index in [0.717, 1.165) is 22.4 Å². The lowest BCUT2D eigenvalue weighted by Gasteiger charge is -2.16. The first kappa shape index (κ1) is 14.1. The van der Waals surface area contributed by atoms with Gasteiger partial charge in [-0.2, -0.15) is 5.26 Å². The number of hydrogen-bond acceptors (Lipinski definition) is 3. The fourth-order valence-corrected chi connectivity index (χ4v) is 2.14. The van der Waals surface area contributed by atoms with Crippen molar-refractivity contribution >= 4 is 5.69 Å². The lowest BCUT2D eigenvalue weighted by Crippen LogP contribution is -2.13. The molecule has 0 bridgehead atoms. The zero-order chi connectivity index (χ0) is 14.5. The Hall–Kier alpha value is -2.31. The summed E-state index contributed by atoms with van der Waals surface area (Å²) in [5.74, 6) is 0. The molecule has 0 aliphatic heterocycles. The molecule has 0 spiro atoms. The fraction of sp³-hybridized carbons (Fsp3) is 0.235. The molecule has 0 amide bonds. The molecule has 3 heteroatoms. The minimum atomic E-state index is -0.569. The van der Waals surface area contributed by atoms with E-state index in [1.807, 2.05) is 44.2 Å². The molecule has 0 radical (unpaired) electrons. The number of anilines is 1. The molecule has 2 aromatic rings. The predicted molar refractivity (Wildman–Crippen MR) is 80.5 cm³/mol. The SMILES string of the molecule is Cc1ccc(C)c(C(O)CNc2cccc(C#N)c2)c1. The maximum absolute atomic E-state index is 10.3. The maximum atomic E-state index is 10.3. The largest absolute Gasteiger partial charge is 0.387 e. The van der Waals surface area contributed by atoms with Gasteiger partial charge in [0.05, 0.1) is 17.7 Å². The highest BCUT2D eigenvalue weighted by molar-refractivity contribution is 5.49. The number of aryl methyl sites for hydroxylation is 2. The summed E-state index contributed by atoms with van der Waals surface area (Å²) in [6, 6.07) is 15.4. The zero-order valence-electron chi connectivity index (χ0n) is 11.7. The van der Waals surface area contributed by atoms with Gasteiger partial charge < -0.3 is 10.4 Å². The van der Waals surface area contributed by atoms with Crippen molar-refractivity contribution in [3.8, 4) is 6.07 Å². The van der Waals surface area contributed by atoms with E-state index in [1.165, 1.54) is 0 Å². The molecule has 102 valence electrons. The molecule has 0 fully saturated rings. The fourth-order valence-electron chi connectivity index (χ4n) is 2.14. The minimum Gasteiger partial charge on any atom is -0.387 e. The van der Waals surface area contributed by atoms with Crippen molar-refractivity contribution in [2.75, 3.05) is 11.9 Å². The van der Waals surface area contributed by atoms with Crippen LogP contribution in [0.4, 0.5) is 5.69 Å². The van der Waals surface area contributed by atoms with Crippen molar-refractivity contribution < 1.29 is 5.11 Å². The van der Waals surface area contributed by atoms with E-state index in [9.17, 15) is 5.11 Å². The standard InChI is InChI=1S/C17H18N2O/c1-12-6-7-13(2)16(8-12)17(20)11-19-15-5-3-4-14(9-15)10-18/h3-9,17,19-20H,11H2,1-2H3. The predicted octanol–water partition coefficient (Wildman–Crippen LogP) is 3.32. The van der Waals surface area contributed by atoms with Gasteiger partial charge >= 0.3 is 0 Å². The van der Waals surface area contributed by atoms with Crippen molar-refractivity contribution in [2.45, 2.75) is 20.0 Å². The van der Waals surface area contributed by atoms with Gasteiger partial charge in [0.1, 0.15) is 0 Å². The quantitative estimate of drug-likeness (QED) is 0.892. The van der Waals surface area contributed by atoms with Crippen molar-refractivity contribution in [1.82, 2.24) is 0 Å². The number of benzene rings is 2.